The molecule has 74 heavy (non-hydrogen) atoms. The molecule has 412 valence electrons. The third-order valence-electron chi connectivity index (χ3n) is 15.4. The first-order chi connectivity index (χ1) is 34.6. The zero-order valence-electron chi connectivity index (χ0n) is 46.8. The largest absolute Gasteiger partial charge is 0.427 e. The topological polar surface area (TPSA) is 257 Å². The van der Waals surface area contributed by atoms with Crippen molar-refractivity contribution in [1.82, 2.24) is 27.5 Å². The van der Waals surface area contributed by atoms with Crippen LogP contribution < -0.4 is 34.1 Å². The Kier molecular flexibility index (Phi) is 22.4. The Hall–Kier alpha value is -5.84. The van der Waals surface area contributed by atoms with Gasteiger partial charge < -0.3 is 9.47 Å². The van der Waals surface area contributed by atoms with E-state index in [1.807, 2.05) is 0 Å². The molecule has 5 rings (SSSR count). The van der Waals surface area contributed by atoms with Gasteiger partial charge in [0.2, 0.25) is 6.08 Å². The minimum atomic E-state index is -0.999. The number of hydrogen-bond acceptors (Lipinski definition) is 14. The van der Waals surface area contributed by atoms with Gasteiger partial charge in [0, 0.05) is 42.5 Å². The van der Waals surface area contributed by atoms with Crippen molar-refractivity contribution in [2.75, 3.05) is 19.8 Å². The Bertz CT molecular complexity index is 2690. The summed E-state index contributed by atoms with van der Waals surface area (Å²) in [5, 5.41) is 21.4. The van der Waals surface area contributed by atoms with Crippen LogP contribution in [-0.2, 0) is 32.7 Å². The highest BCUT2D eigenvalue weighted by Gasteiger charge is 2.48. The first-order valence-electron chi connectivity index (χ1n) is 26.6. The van der Waals surface area contributed by atoms with Crippen molar-refractivity contribution in [3.05, 3.63) is 62.9 Å². The quantitative estimate of drug-likeness (QED) is 0.0559. The van der Waals surface area contributed by atoms with Crippen LogP contribution in [0.1, 0.15) is 217 Å². The van der Waals surface area contributed by atoms with Crippen LogP contribution in [0.25, 0.3) is 0 Å². The normalized spacial score (nSPS) is 25.4. The predicted molar refractivity (Wildman–Crippen MR) is 282 cm³/mol. The first kappa shape index (κ1) is 62.5. The number of nitriles is 2. The Morgan fingerprint density at radius 2 is 0.932 bits per heavy atom. The molecule has 20 nitrogen and oxygen atoms in total. The number of aliphatic imine (C=N–C) groups is 1. The second-order valence-corrected chi connectivity index (χ2v) is 24.9. The molecule has 0 N–H and O–H groups in total. The monoisotopic (exact) mass is 1030 g/mol. The highest BCUT2D eigenvalue weighted by Crippen LogP contribution is 2.53. The minimum Gasteiger partial charge on any atom is -0.427 e. The van der Waals surface area contributed by atoms with Crippen LogP contribution >= 0.6 is 0 Å². The number of unbranched alkanes of at least 4 members (excludes halogenated alkanes) is 6. The standard InChI is InChI=1S/C36H57N5O5.C12H15N5O5.C6H14/c1-11-34(8)15-25(12-31(2,3)18-34)39-28(42)40(26-13-32(4,5)19-35(9,16-26)21-45-23-37)30(44)41(29(39)43)27-14-33(6,7)20-36(10,17-27)22-46-24-38;1-15-10(20)16(7-5-3-2-4-6-13-8-18)12(22)17(11(15)21)14-9-19;1-3-5-6-4-2/h25-27H,11-22H2,1-10H3;2-7H2,1H3;3-6H2,1-2H3. The van der Waals surface area contributed by atoms with Gasteiger partial charge in [-0.2, -0.15) is 10.5 Å². The molecule has 0 saturated heterocycles. The van der Waals surface area contributed by atoms with E-state index in [4.69, 9.17) is 9.47 Å². The highest BCUT2D eigenvalue weighted by atomic mass is 16.5. The van der Waals surface area contributed by atoms with E-state index in [2.05, 4.69) is 93.2 Å². The molecule has 2 aromatic rings. The Balaban J connectivity index is 0.000000427. The summed E-state index contributed by atoms with van der Waals surface area (Å²) in [6, 6.07) is -1.27. The Labute approximate surface area is 436 Å². The van der Waals surface area contributed by atoms with Crippen LogP contribution in [0.15, 0.2) is 38.9 Å². The molecule has 3 aliphatic rings. The van der Waals surface area contributed by atoms with Crippen molar-refractivity contribution < 1.29 is 19.1 Å². The number of carbonyl (C=O) groups excluding carboxylic acids is 2. The smallest absolute Gasteiger partial charge is 0.358 e. The lowest BCUT2D eigenvalue weighted by atomic mass is 9.61. The van der Waals surface area contributed by atoms with E-state index in [-0.39, 0.29) is 47.5 Å². The van der Waals surface area contributed by atoms with Gasteiger partial charge in [0.25, 0.3) is 18.6 Å². The fourth-order valence-corrected chi connectivity index (χ4v) is 13.1. The van der Waals surface area contributed by atoms with Crippen LogP contribution in [0.2, 0.25) is 0 Å². The van der Waals surface area contributed by atoms with Gasteiger partial charge in [-0.05, 0) is 92.3 Å². The summed E-state index contributed by atoms with van der Waals surface area (Å²) in [4.78, 5) is 103. The minimum absolute atomic E-state index is 0.0514. The fraction of sp³-hybridized carbons (Fsp3) is 0.815. The van der Waals surface area contributed by atoms with E-state index in [1.54, 1.807) is 12.5 Å². The third kappa shape index (κ3) is 16.6. The van der Waals surface area contributed by atoms with Crippen molar-refractivity contribution in [2.24, 2.45) is 49.6 Å². The van der Waals surface area contributed by atoms with E-state index in [1.165, 1.54) is 52.5 Å². The van der Waals surface area contributed by atoms with Gasteiger partial charge >= 0.3 is 34.1 Å². The zero-order chi connectivity index (χ0) is 55.9. The molecule has 2 aromatic heterocycles. The van der Waals surface area contributed by atoms with Crippen molar-refractivity contribution in [3.63, 3.8) is 0 Å². The molecule has 3 aliphatic carbocycles. The lowest BCUT2D eigenvalue weighted by Gasteiger charge is -2.48. The van der Waals surface area contributed by atoms with Gasteiger partial charge in [-0.15, -0.1) is 4.68 Å². The summed E-state index contributed by atoms with van der Waals surface area (Å²) in [5.74, 6) is 0. The van der Waals surface area contributed by atoms with Crippen LogP contribution in [0.5, 0.6) is 0 Å². The van der Waals surface area contributed by atoms with Crippen LogP contribution in [0.3, 0.4) is 0 Å². The van der Waals surface area contributed by atoms with E-state index >= 15 is 0 Å². The molecular formula is C54H86N10O10. The average molecular weight is 1040 g/mol. The predicted octanol–water partition coefficient (Wildman–Crippen LogP) is 8.14. The SMILES string of the molecule is CCC1(C)CC(n2c(=O)n(C3CC(C)(C)CC(C)(COC#N)C3)c(=O)n(C3CC(C)(C)CC(C)(COC#N)C3)c2=O)CC(C)(C)C1.CCCCCC.Cn1c(=O)n(CCCCCCN=C=O)c(=O)n(N=C=O)c1=O. The van der Waals surface area contributed by atoms with Crippen molar-refractivity contribution in [3.8, 4) is 12.5 Å². The molecule has 6 unspecified atom stereocenters. The van der Waals surface area contributed by atoms with Gasteiger partial charge in [0.1, 0.15) is 13.2 Å². The molecular weight excluding hydrogens is 949 g/mol. The number of nitrogens with zero attached hydrogens (tertiary/aromatic N) is 10. The van der Waals surface area contributed by atoms with Crippen LogP contribution in [0, 0.1) is 55.5 Å². The lowest BCUT2D eigenvalue weighted by molar-refractivity contribution is -0.000417. The molecule has 3 saturated carbocycles. The Morgan fingerprint density at radius 3 is 1.31 bits per heavy atom. The second kappa shape index (κ2) is 26.6. The van der Waals surface area contributed by atoms with Crippen molar-refractivity contribution in [1.29, 1.82) is 10.5 Å². The molecule has 0 aliphatic heterocycles. The maximum absolute atomic E-state index is 14.8. The summed E-state index contributed by atoms with van der Waals surface area (Å²) in [6.45, 7) is 26.8. The molecule has 0 amide bonds. The molecule has 0 aromatic carbocycles. The van der Waals surface area contributed by atoms with Gasteiger partial charge in [0.05, 0.1) is 6.54 Å². The maximum Gasteiger partial charge on any atom is 0.358 e. The number of aromatic nitrogens is 6. The van der Waals surface area contributed by atoms with Crippen LogP contribution in [-0.4, -0.2) is 59.4 Å². The summed E-state index contributed by atoms with van der Waals surface area (Å²) in [5.41, 5.74) is -5.83. The number of rotatable bonds is 19. The average Bonchev–Trinajstić information content (AvgIpc) is 3.29. The Morgan fingerprint density at radius 1 is 0.527 bits per heavy atom. The first-order valence-corrected chi connectivity index (χ1v) is 26.6. The van der Waals surface area contributed by atoms with Crippen LogP contribution in [0.4, 0.5) is 0 Å². The molecule has 20 heteroatoms. The maximum atomic E-state index is 14.8. The summed E-state index contributed by atoms with van der Waals surface area (Å²) in [7, 11) is 1.19. The van der Waals surface area contributed by atoms with E-state index < -0.39 is 57.1 Å². The highest BCUT2D eigenvalue weighted by molar-refractivity contribution is 5.32. The lowest BCUT2D eigenvalue weighted by Crippen LogP contribution is -2.60. The fourth-order valence-electron chi connectivity index (χ4n) is 13.1. The summed E-state index contributed by atoms with van der Waals surface area (Å²) in [6.07, 6.45) is 21.4. The zero-order valence-corrected chi connectivity index (χ0v) is 46.8. The number of isocyanates is 2. The summed E-state index contributed by atoms with van der Waals surface area (Å²) >= 11 is 0. The van der Waals surface area contributed by atoms with Gasteiger partial charge in [-0.25, -0.2) is 66.2 Å². The van der Waals surface area contributed by atoms with Gasteiger partial charge in [-0.3, -0.25) is 0 Å². The molecule has 0 bridgehead atoms. The van der Waals surface area contributed by atoms with Gasteiger partial charge in [0.15, 0.2) is 0 Å². The molecule has 0 radical (unpaired) electrons. The number of hydrogen-bond donors (Lipinski definition) is 0. The van der Waals surface area contributed by atoms with E-state index in [9.17, 15) is 48.9 Å². The molecule has 3 fully saturated rings. The van der Waals surface area contributed by atoms with E-state index in [0.717, 1.165) is 42.8 Å². The molecule has 2 heterocycles. The van der Waals surface area contributed by atoms with Crippen molar-refractivity contribution >= 4 is 12.2 Å². The third-order valence-corrected chi connectivity index (χ3v) is 15.4. The second-order valence-electron chi connectivity index (χ2n) is 24.9. The van der Waals surface area contributed by atoms with Gasteiger partial charge in [-0.1, -0.05) is 133 Å². The molecule has 6 atom stereocenters. The van der Waals surface area contributed by atoms with Crippen molar-refractivity contribution in [2.45, 2.75) is 223 Å². The molecule has 0 spiro atoms. The number of ether oxygens (including phenoxy) is 2. The summed E-state index contributed by atoms with van der Waals surface area (Å²) < 4.78 is 16.6. The van der Waals surface area contributed by atoms with E-state index in [0.29, 0.717) is 73.6 Å².